The first kappa shape index (κ1) is 20.1. The van der Waals surface area contributed by atoms with Crippen LogP contribution in [0.3, 0.4) is 0 Å². The topological polar surface area (TPSA) is 64.4 Å². The van der Waals surface area contributed by atoms with Crippen molar-refractivity contribution >= 4 is 11.9 Å². The van der Waals surface area contributed by atoms with Crippen molar-refractivity contribution < 1.29 is 14.3 Å². The van der Waals surface area contributed by atoms with E-state index in [0.717, 1.165) is 24.1 Å². The number of rotatable bonds is 6. The molecule has 6 heteroatoms. The molecule has 1 amide bonds. The smallest absolute Gasteiger partial charge is 0.310 e. The molecule has 0 N–H and O–H groups in total. The molecule has 2 aromatic rings. The summed E-state index contributed by atoms with van der Waals surface area (Å²) >= 11 is 0. The van der Waals surface area contributed by atoms with Crippen molar-refractivity contribution in [2.24, 2.45) is 5.92 Å². The van der Waals surface area contributed by atoms with Crippen LogP contribution in [0.15, 0.2) is 36.5 Å². The molecule has 0 spiro atoms. The summed E-state index contributed by atoms with van der Waals surface area (Å²) in [6.07, 6.45) is 3.26. The van der Waals surface area contributed by atoms with Crippen LogP contribution in [-0.4, -0.2) is 46.3 Å². The number of esters is 1. The van der Waals surface area contributed by atoms with Gasteiger partial charge in [-0.15, -0.1) is 0 Å². The van der Waals surface area contributed by atoms with Crippen LogP contribution in [0.25, 0.3) is 0 Å². The molecule has 1 saturated heterocycles. The summed E-state index contributed by atoms with van der Waals surface area (Å²) in [4.78, 5) is 27.1. The Kier molecular flexibility index (Phi) is 6.49. The number of nitrogens with zero attached hydrogens (tertiary/aromatic N) is 3. The first-order chi connectivity index (χ1) is 13.5. The molecule has 0 saturated carbocycles. The number of hydrogen-bond acceptors (Lipinski definition) is 4. The van der Waals surface area contributed by atoms with Gasteiger partial charge < -0.3 is 9.64 Å². The maximum atomic E-state index is 13.2. The van der Waals surface area contributed by atoms with Gasteiger partial charge in [-0.2, -0.15) is 5.10 Å². The summed E-state index contributed by atoms with van der Waals surface area (Å²) in [5.74, 6) is -0.323. The summed E-state index contributed by atoms with van der Waals surface area (Å²) in [6.45, 7) is 8.04. The van der Waals surface area contributed by atoms with Gasteiger partial charge in [0.25, 0.3) is 5.91 Å². The Hall–Kier alpha value is -2.63. The summed E-state index contributed by atoms with van der Waals surface area (Å²) in [6, 6.07) is 10.1. The molecule has 1 atom stereocenters. The first-order valence-corrected chi connectivity index (χ1v) is 10.1. The van der Waals surface area contributed by atoms with Crippen LogP contribution >= 0.6 is 0 Å². The molecular formula is C22H29N3O3. The Morgan fingerprint density at radius 3 is 2.68 bits per heavy atom. The van der Waals surface area contributed by atoms with E-state index in [9.17, 15) is 9.59 Å². The second-order valence-corrected chi connectivity index (χ2v) is 7.58. The molecule has 150 valence electrons. The van der Waals surface area contributed by atoms with Gasteiger partial charge in [-0.3, -0.25) is 14.3 Å². The Bertz CT molecular complexity index is 814. The van der Waals surface area contributed by atoms with Crippen LogP contribution < -0.4 is 0 Å². The minimum absolute atomic E-state index is 0.0444. The number of carbonyl (C=O) groups is 2. The van der Waals surface area contributed by atoms with E-state index >= 15 is 0 Å². The Morgan fingerprint density at radius 2 is 2.00 bits per heavy atom. The standard InChI is InChI=1S/C22H29N3O3/c1-4-28-22(27)18-11-8-12-24(15-18)21(26)19-13-23-25(20(19)16(2)3)14-17-9-6-5-7-10-17/h5-7,9-10,13,16,18H,4,8,11-12,14-15H2,1-3H3/t18-/m0/s1. The molecule has 1 fully saturated rings. The molecule has 28 heavy (non-hydrogen) atoms. The molecule has 2 heterocycles. The van der Waals surface area contributed by atoms with Crippen molar-refractivity contribution in [1.82, 2.24) is 14.7 Å². The highest BCUT2D eigenvalue weighted by molar-refractivity contribution is 5.95. The highest BCUT2D eigenvalue weighted by Crippen LogP contribution is 2.25. The zero-order chi connectivity index (χ0) is 20.1. The van der Waals surface area contributed by atoms with Crippen LogP contribution in [0, 0.1) is 5.92 Å². The highest BCUT2D eigenvalue weighted by atomic mass is 16.5. The van der Waals surface area contributed by atoms with Crippen LogP contribution in [0.5, 0.6) is 0 Å². The Balaban J connectivity index is 1.80. The van der Waals surface area contributed by atoms with Crippen molar-refractivity contribution in [3.63, 3.8) is 0 Å². The Labute approximate surface area is 166 Å². The van der Waals surface area contributed by atoms with Gasteiger partial charge in [0, 0.05) is 13.1 Å². The molecule has 1 aromatic carbocycles. The minimum Gasteiger partial charge on any atom is -0.466 e. The normalized spacial score (nSPS) is 17.0. The number of hydrogen-bond donors (Lipinski definition) is 0. The van der Waals surface area contributed by atoms with Crippen molar-refractivity contribution in [3.05, 3.63) is 53.3 Å². The number of piperidine rings is 1. The molecule has 0 unspecified atom stereocenters. The summed E-state index contributed by atoms with van der Waals surface area (Å²) in [5.41, 5.74) is 2.72. The maximum absolute atomic E-state index is 13.2. The van der Waals surface area contributed by atoms with E-state index in [4.69, 9.17) is 4.74 Å². The molecular weight excluding hydrogens is 354 g/mol. The third kappa shape index (κ3) is 4.43. The fourth-order valence-corrected chi connectivity index (χ4v) is 3.84. The van der Waals surface area contributed by atoms with Crippen molar-refractivity contribution in [1.29, 1.82) is 0 Å². The summed E-state index contributed by atoms with van der Waals surface area (Å²) in [5, 5.41) is 4.51. The number of benzene rings is 1. The molecule has 1 aliphatic rings. The van der Waals surface area contributed by atoms with Gasteiger partial charge in [0.05, 0.1) is 36.5 Å². The van der Waals surface area contributed by atoms with Crippen LogP contribution in [0.2, 0.25) is 0 Å². The minimum atomic E-state index is -0.237. The number of carbonyl (C=O) groups excluding carboxylic acids is 2. The highest BCUT2D eigenvalue weighted by Gasteiger charge is 2.32. The van der Waals surface area contributed by atoms with Gasteiger partial charge in [-0.05, 0) is 31.2 Å². The monoisotopic (exact) mass is 383 g/mol. The predicted molar refractivity (Wildman–Crippen MR) is 107 cm³/mol. The van der Waals surface area contributed by atoms with Crippen molar-refractivity contribution in [3.8, 4) is 0 Å². The van der Waals surface area contributed by atoms with Gasteiger partial charge in [0.15, 0.2) is 0 Å². The molecule has 0 radical (unpaired) electrons. The molecule has 3 rings (SSSR count). The first-order valence-electron chi connectivity index (χ1n) is 10.1. The van der Waals surface area contributed by atoms with E-state index < -0.39 is 0 Å². The maximum Gasteiger partial charge on any atom is 0.310 e. The quantitative estimate of drug-likeness (QED) is 0.717. The van der Waals surface area contributed by atoms with Gasteiger partial charge in [0.1, 0.15) is 0 Å². The van der Waals surface area contributed by atoms with Gasteiger partial charge in [-0.1, -0.05) is 44.2 Å². The van der Waals surface area contributed by atoms with Gasteiger partial charge >= 0.3 is 5.97 Å². The van der Waals surface area contributed by atoms with Crippen molar-refractivity contribution in [2.75, 3.05) is 19.7 Å². The fraction of sp³-hybridized carbons (Fsp3) is 0.500. The zero-order valence-corrected chi connectivity index (χ0v) is 16.9. The lowest BCUT2D eigenvalue weighted by Crippen LogP contribution is -2.43. The van der Waals surface area contributed by atoms with E-state index in [2.05, 4.69) is 31.1 Å². The van der Waals surface area contributed by atoms with E-state index in [1.165, 1.54) is 0 Å². The average Bonchev–Trinajstić information content (AvgIpc) is 3.12. The lowest BCUT2D eigenvalue weighted by atomic mass is 9.97. The van der Waals surface area contributed by atoms with Gasteiger partial charge in [0.2, 0.25) is 0 Å². The van der Waals surface area contributed by atoms with Crippen LogP contribution in [-0.2, 0) is 16.1 Å². The third-order valence-electron chi connectivity index (χ3n) is 5.16. The summed E-state index contributed by atoms with van der Waals surface area (Å²) < 4.78 is 7.07. The van der Waals surface area contributed by atoms with Crippen LogP contribution in [0.1, 0.15) is 61.1 Å². The van der Waals surface area contributed by atoms with Gasteiger partial charge in [-0.25, -0.2) is 0 Å². The largest absolute Gasteiger partial charge is 0.466 e. The van der Waals surface area contributed by atoms with E-state index in [0.29, 0.717) is 31.8 Å². The third-order valence-corrected chi connectivity index (χ3v) is 5.16. The Morgan fingerprint density at radius 1 is 1.25 bits per heavy atom. The van der Waals surface area contributed by atoms with Crippen molar-refractivity contribution in [2.45, 2.75) is 46.1 Å². The number of likely N-dealkylation sites (tertiary alicyclic amines) is 1. The average molecular weight is 383 g/mol. The molecule has 6 nitrogen and oxygen atoms in total. The van der Waals surface area contributed by atoms with E-state index in [1.807, 2.05) is 22.9 Å². The second-order valence-electron chi connectivity index (χ2n) is 7.58. The SMILES string of the molecule is CCOC(=O)[C@H]1CCCN(C(=O)c2cnn(Cc3ccccc3)c2C(C)C)C1. The van der Waals surface area contributed by atoms with Crippen LogP contribution in [0.4, 0.5) is 0 Å². The second kappa shape index (κ2) is 9.04. The van der Waals surface area contributed by atoms with E-state index in [-0.39, 0.29) is 23.7 Å². The molecule has 1 aliphatic heterocycles. The lowest BCUT2D eigenvalue weighted by Gasteiger charge is -2.31. The molecule has 0 bridgehead atoms. The summed E-state index contributed by atoms with van der Waals surface area (Å²) in [7, 11) is 0. The number of aromatic nitrogens is 2. The predicted octanol–water partition coefficient (Wildman–Crippen LogP) is 3.47. The number of ether oxygens (including phenoxy) is 1. The zero-order valence-electron chi connectivity index (χ0n) is 16.9. The molecule has 1 aromatic heterocycles. The fourth-order valence-electron chi connectivity index (χ4n) is 3.84. The number of amides is 1. The molecule has 0 aliphatic carbocycles. The van der Waals surface area contributed by atoms with E-state index in [1.54, 1.807) is 18.0 Å². The lowest BCUT2D eigenvalue weighted by molar-refractivity contribution is -0.149.